The van der Waals surface area contributed by atoms with Crippen LogP contribution in [0.15, 0.2) is 0 Å². The maximum Gasteiger partial charge on any atom is 0.237 e. The van der Waals surface area contributed by atoms with Crippen molar-refractivity contribution in [2.45, 2.75) is 52.2 Å². The van der Waals surface area contributed by atoms with Gasteiger partial charge in [0.25, 0.3) is 0 Å². The Morgan fingerprint density at radius 1 is 1.21 bits per heavy atom. The highest BCUT2D eigenvalue weighted by Gasteiger charge is 2.18. The summed E-state index contributed by atoms with van der Waals surface area (Å²) in [5, 5.41) is 14.7. The average Bonchev–Trinajstić information content (AvgIpc) is 2.01. The maximum absolute atomic E-state index is 11.6. The average molecular weight is 202 g/mol. The van der Waals surface area contributed by atoms with Gasteiger partial charge < -0.3 is 15.7 Å². The van der Waals surface area contributed by atoms with Crippen LogP contribution in [-0.4, -0.2) is 35.7 Å². The first-order valence-electron chi connectivity index (χ1n) is 5.14. The molecule has 0 aliphatic carbocycles. The van der Waals surface area contributed by atoms with Gasteiger partial charge in [0.2, 0.25) is 5.91 Å². The summed E-state index contributed by atoms with van der Waals surface area (Å²) in [6.07, 6.45) is 0.455. The molecule has 1 unspecified atom stereocenters. The molecule has 4 heteroatoms. The lowest BCUT2D eigenvalue weighted by molar-refractivity contribution is -0.124. The molecule has 0 bridgehead atoms. The van der Waals surface area contributed by atoms with Crippen LogP contribution in [0.25, 0.3) is 0 Å². The lowest BCUT2D eigenvalue weighted by Crippen LogP contribution is -2.49. The Bertz CT molecular complexity index is 170. The summed E-state index contributed by atoms with van der Waals surface area (Å²) in [5.74, 6) is -0.0391. The third-order valence-corrected chi connectivity index (χ3v) is 1.70. The Kier molecular flexibility index (Phi) is 6.49. The van der Waals surface area contributed by atoms with E-state index < -0.39 is 0 Å². The summed E-state index contributed by atoms with van der Waals surface area (Å²) in [4.78, 5) is 11.6. The second-order valence-corrected chi connectivity index (χ2v) is 4.05. The molecule has 0 aromatic carbocycles. The molecule has 0 heterocycles. The van der Waals surface area contributed by atoms with Crippen molar-refractivity contribution in [3.05, 3.63) is 0 Å². The van der Waals surface area contributed by atoms with E-state index in [4.69, 9.17) is 5.11 Å². The quantitative estimate of drug-likeness (QED) is 0.579. The molecule has 0 aromatic heterocycles. The molecule has 0 fully saturated rings. The van der Waals surface area contributed by atoms with Crippen LogP contribution in [0, 0.1) is 0 Å². The SMILES string of the molecule is CC(C)NC(=O)C(CCO)NC(C)C. The van der Waals surface area contributed by atoms with E-state index >= 15 is 0 Å². The molecule has 0 saturated carbocycles. The third-order valence-electron chi connectivity index (χ3n) is 1.70. The van der Waals surface area contributed by atoms with Crippen molar-refractivity contribution in [1.29, 1.82) is 0 Å². The molecular weight excluding hydrogens is 180 g/mol. The summed E-state index contributed by atoms with van der Waals surface area (Å²) in [6.45, 7) is 7.82. The number of nitrogens with one attached hydrogen (secondary N) is 2. The largest absolute Gasteiger partial charge is 0.396 e. The normalized spacial score (nSPS) is 13.4. The van der Waals surface area contributed by atoms with Crippen molar-refractivity contribution in [3.8, 4) is 0 Å². The highest BCUT2D eigenvalue weighted by molar-refractivity contribution is 5.81. The minimum Gasteiger partial charge on any atom is -0.396 e. The fourth-order valence-electron chi connectivity index (χ4n) is 1.21. The van der Waals surface area contributed by atoms with Crippen LogP contribution in [0.5, 0.6) is 0 Å². The van der Waals surface area contributed by atoms with Gasteiger partial charge in [0.1, 0.15) is 0 Å². The predicted octanol–water partition coefficient (Wildman–Crippen LogP) is 0.260. The monoisotopic (exact) mass is 202 g/mol. The molecule has 84 valence electrons. The molecule has 14 heavy (non-hydrogen) atoms. The maximum atomic E-state index is 11.6. The fraction of sp³-hybridized carbons (Fsp3) is 0.900. The second kappa shape index (κ2) is 6.79. The molecule has 0 spiro atoms. The standard InChI is InChI=1S/C10H22N2O2/c1-7(2)11-9(5-6-13)10(14)12-8(3)4/h7-9,11,13H,5-6H2,1-4H3,(H,12,14). The molecule has 0 rings (SSSR count). The Hall–Kier alpha value is -0.610. The van der Waals surface area contributed by atoms with Gasteiger partial charge in [-0.3, -0.25) is 4.79 Å². The van der Waals surface area contributed by atoms with Gasteiger partial charge in [-0.25, -0.2) is 0 Å². The minimum absolute atomic E-state index is 0.0237. The minimum atomic E-state index is -0.289. The van der Waals surface area contributed by atoms with E-state index in [9.17, 15) is 4.79 Å². The first-order valence-corrected chi connectivity index (χ1v) is 5.14. The van der Waals surface area contributed by atoms with Gasteiger partial charge in [-0.05, 0) is 20.3 Å². The van der Waals surface area contributed by atoms with E-state index in [2.05, 4.69) is 10.6 Å². The first kappa shape index (κ1) is 13.4. The highest BCUT2D eigenvalue weighted by atomic mass is 16.3. The van der Waals surface area contributed by atoms with Crippen molar-refractivity contribution in [3.63, 3.8) is 0 Å². The van der Waals surface area contributed by atoms with Gasteiger partial charge in [0.05, 0.1) is 6.04 Å². The number of hydrogen-bond donors (Lipinski definition) is 3. The van der Waals surface area contributed by atoms with Gasteiger partial charge >= 0.3 is 0 Å². The summed E-state index contributed by atoms with van der Waals surface area (Å²) in [5.41, 5.74) is 0. The van der Waals surface area contributed by atoms with Crippen LogP contribution in [0.1, 0.15) is 34.1 Å². The van der Waals surface area contributed by atoms with Crippen LogP contribution in [0.4, 0.5) is 0 Å². The van der Waals surface area contributed by atoms with E-state index in [1.807, 2.05) is 27.7 Å². The van der Waals surface area contributed by atoms with Crippen molar-refractivity contribution in [2.24, 2.45) is 0 Å². The summed E-state index contributed by atoms with van der Waals surface area (Å²) < 4.78 is 0. The smallest absolute Gasteiger partial charge is 0.237 e. The molecule has 1 atom stereocenters. The number of amides is 1. The van der Waals surface area contributed by atoms with Crippen molar-refractivity contribution in [1.82, 2.24) is 10.6 Å². The Labute approximate surface area is 86.1 Å². The van der Waals surface area contributed by atoms with Crippen molar-refractivity contribution in [2.75, 3.05) is 6.61 Å². The van der Waals surface area contributed by atoms with Crippen LogP contribution in [0.3, 0.4) is 0 Å². The summed E-state index contributed by atoms with van der Waals surface area (Å²) in [6, 6.07) is 0.0875. The molecule has 0 radical (unpaired) electrons. The van der Waals surface area contributed by atoms with Gasteiger partial charge in [-0.1, -0.05) is 13.8 Å². The molecule has 0 saturated heterocycles. The number of aliphatic hydroxyl groups excluding tert-OH is 1. The number of carbonyl (C=O) groups is 1. The van der Waals surface area contributed by atoms with Crippen LogP contribution >= 0.6 is 0 Å². The van der Waals surface area contributed by atoms with Gasteiger partial charge in [0.15, 0.2) is 0 Å². The topological polar surface area (TPSA) is 61.4 Å². The van der Waals surface area contributed by atoms with Crippen molar-refractivity contribution >= 4 is 5.91 Å². The number of carbonyl (C=O) groups excluding carboxylic acids is 1. The Balaban J connectivity index is 4.10. The molecular formula is C10H22N2O2. The number of rotatable bonds is 6. The fourth-order valence-corrected chi connectivity index (χ4v) is 1.21. The molecule has 0 aliphatic rings. The number of hydrogen-bond acceptors (Lipinski definition) is 3. The zero-order chi connectivity index (χ0) is 11.1. The first-order chi connectivity index (χ1) is 6.47. The summed E-state index contributed by atoms with van der Waals surface area (Å²) in [7, 11) is 0. The van der Waals surface area contributed by atoms with Crippen LogP contribution < -0.4 is 10.6 Å². The van der Waals surface area contributed by atoms with E-state index in [1.54, 1.807) is 0 Å². The molecule has 0 aromatic rings. The lowest BCUT2D eigenvalue weighted by atomic mass is 10.1. The molecule has 4 nitrogen and oxygen atoms in total. The third kappa shape index (κ3) is 5.94. The van der Waals surface area contributed by atoms with Crippen LogP contribution in [0.2, 0.25) is 0 Å². The number of aliphatic hydroxyl groups is 1. The Morgan fingerprint density at radius 3 is 2.14 bits per heavy atom. The van der Waals surface area contributed by atoms with E-state index in [-0.39, 0.29) is 30.6 Å². The van der Waals surface area contributed by atoms with Gasteiger partial charge in [0, 0.05) is 18.7 Å². The van der Waals surface area contributed by atoms with E-state index in [1.165, 1.54) is 0 Å². The van der Waals surface area contributed by atoms with Crippen molar-refractivity contribution < 1.29 is 9.90 Å². The molecule has 3 N–H and O–H groups in total. The van der Waals surface area contributed by atoms with Gasteiger partial charge in [-0.15, -0.1) is 0 Å². The zero-order valence-electron chi connectivity index (χ0n) is 9.50. The molecule has 0 aliphatic heterocycles. The van der Waals surface area contributed by atoms with E-state index in [0.717, 1.165) is 0 Å². The summed E-state index contributed by atoms with van der Waals surface area (Å²) >= 11 is 0. The van der Waals surface area contributed by atoms with E-state index in [0.29, 0.717) is 6.42 Å². The zero-order valence-corrected chi connectivity index (χ0v) is 9.50. The van der Waals surface area contributed by atoms with Gasteiger partial charge in [-0.2, -0.15) is 0 Å². The highest BCUT2D eigenvalue weighted by Crippen LogP contribution is 1.95. The second-order valence-electron chi connectivity index (χ2n) is 4.05. The molecule has 1 amide bonds. The van der Waals surface area contributed by atoms with Crippen LogP contribution in [-0.2, 0) is 4.79 Å². The lowest BCUT2D eigenvalue weighted by Gasteiger charge is -2.21. The predicted molar refractivity (Wildman–Crippen MR) is 57.0 cm³/mol. The Morgan fingerprint density at radius 2 is 1.79 bits per heavy atom.